The molecule has 0 aliphatic carbocycles. The minimum atomic E-state index is -0.767. The van der Waals surface area contributed by atoms with E-state index in [1.54, 1.807) is 30.2 Å². The molecule has 158 valence electrons. The predicted octanol–water partition coefficient (Wildman–Crippen LogP) is 2.95. The fourth-order valence-electron chi connectivity index (χ4n) is 3.55. The van der Waals surface area contributed by atoms with Crippen molar-refractivity contribution in [3.63, 3.8) is 0 Å². The van der Waals surface area contributed by atoms with E-state index in [0.717, 1.165) is 29.7 Å². The molecule has 7 nitrogen and oxygen atoms in total. The van der Waals surface area contributed by atoms with Crippen LogP contribution < -0.4 is 15.5 Å². The number of hydrogen-bond acceptors (Lipinski definition) is 4. The van der Waals surface area contributed by atoms with E-state index < -0.39 is 11.8 Å². The second-order valence-electron chi connectivity index (χ2n) is 7.30. The molecule has 30 heavy (non-hydrogen) atoms. The summed E-state index contributed by atoms with van der Waals surface area (Å²) in [7, 11) is 1.57. The first-order valence-electron chi connectivity index (χ1n) is 10.1. The molecule has 1 fully saturated rings. The summed E-state index contributed by atoms with van der Waals surface area (Å²) < 4.78 is 5.47. The van der Waals surface area contributed by atoms with Gasteiger partial charge in [0, 0.05) is 38.0 Å². The summed E-state index contributed by atoms with van der Waals surface area (Å²) in [5, 5.41) is 5.22. The van der Waals surface area contributed by atoms with Crippen LogP contribution in [0.4, 0.5) is 11.4 Å². The number of hydrogen-bond donors (Lipinski definition) is 2. The third-order valence-corrected chi connectivity index (χ3v) is 5.21. The molecule has 1 aliphatic rings. The average molecular weight is 409 g/mol. The Labute approximate surface area is 176 Å². The van der Waals surface area contributed by atoms with Crippen molar-refractivity contribution in [1.82, 2.24) is 5.32 Å². The van der Waals surface area contributed by atoms with Crippen LogP contribution in [0.15, 0.2) is 48.5 Å². The third kappa shape index (κ3) is 5.24. The number of aryl methyl sites for hydroxylation is 1. The van der Waals surface area contributed by atoms with Crippen molar-refractivity contribution >= 4 is 29.1 Å². The van der Waals surface area contributed by atoms with Crippen LogP contribution >= 0.6 is 0 Å². The van der Waals surface area contributed by atoms with Gasteiger partial charge in [0.1, 0.15) is 0 Å². The Morgan fingerprint density at radius 3 is 2.63 bits per heavy atom. The van der Waals surface area contributed by atoms with Crippen LogP contribution in [0.5, 0.6) is 0 Å². The van der Waals surface area contributed by atoms with Gasteiger partial charge >= 0.3 is 11.8 Å². The van der Waals surface area contributed by atoms with E-state index in [1.807, 2.05) is 37.3 Å². The smallest absolute Gasteiger partial charge is 0.313 e. The number of piperidine rings is 1. The summed E-state index contributed by atoms with van der Waals surface area (Å²) in [6, 6.07) is 14.7. The van der Waals surface area contributed by atoms with Gasteiger partial charge in [-0.2, -0.15) is 0 Å². The van der Waals surface area contributed by atoms with Crippen molar-refractivity contribution in [2.24, 2.45) is 0 Å². The van der Waals surface area contributed by atoms with Crippen molar-refractivity contribution in [2.75, 3.05) is 30.4 Å². The number of nitrogens with zero attached hydrogens (tertiary/aromatic N) is 1. The highest BCUT2D eigenvalue weighted by atomic mass is 16.5. The molecule has 0 bridgehead atoms. The normalized spacial score (nSPS) is 14.9. The van der Waals surface area contributed by atoms with Gasteiger partial charge in [-0.1, -0.05) is 30.3 Å². The SMILES string of the molecule is COC(CNC(=O)C(=O)Nc1cccc(N2CCCCC2=O)c1)c1ccccc1C. The Hall–Kier alpha value is -3.19. The zero-order chi connectivity index (χ0) is 21.5. The number of methoxy groups -OCH3 is 1. The van der Waals surface area contributed by atoms with Gasteiger partial charge in [0.25, 0.3) is 0 Å². The van der Waals surface area contributed by atoms with Crippen LogP contribution in [0.25, 0.3) is 0 Å². The molecule has 1 atom stereocenters. The molecule has 3 amide bonds. The molecule has 0 radical (unpaired) electrons. The highest BCUT2D eigenvalue weighted by molar-refractivity contribution is 6.39. The van der Waals surface area contributed by atoms with Crippen LogP contribution in [0.1, 0.15) is 36.5 Å². The lowest BCUT2D eigenvalue weighted by molar-refractivity contribution is -0.136. The number of nitrogens with one attached hydrogen (secondary N) is 2. The molecule has 1 heterocycles. The van der Waals surface area contributed by atoms with Crippen molar-refractivity contribution in [1.29, 1.82) is 0 Å². The predicted molar refractivity (Wildman–Crippen MR) is 115 cm³/mol. The first kappa shape index (κ1) is 21.5. The first-order chi connectivity index (χ1) is 14.5. The van der Waals surface area contributed by atoms with Gasteiger partial charge in [0.2, 0.25) is 5.91 Å². The van der Waals surface area contributed by atoms with Crippen molar-refractivity contribution in [3.8, 4) is 0 Å². The highest BCUT2D eigenvalue weighted by Gasteiger charge is 2.21. The third-order valence-electron chi connectivity index (χ3n) is 5.21. The fraction of sp³-hybridized carbons (Fsp3) is 0.348. The summed E-state index contributed by atoms with van der Waals surface area (Å²) in [6.45, 7) is 2.81. The van der Waals surface area contributed by atoms with E-state index in [1.165, 1.54) is 0 Å². The van der Waals surface area contributed by atoms with E-state index in [9.17, 15) is 14.4 Å². The number of anilines is 2. The van der Waals surface area contributed by atoms with E-state index in [4.69, 9.17) is 4.74 Å². The van der Waals surface area contributed by atoms with Gasteiger partial charge in [-0.25, -0.2) is 0 Å². The first-order valence-corrected chi connectivity index (χ1v) is 10.1. The number of carbonyl (C=O) groups is 3. The van der Waals surface area contributed by atoms with Gasteiger partial charge in [-0.05, 0) is 49.1 Å². The quantitative estimate of drug-likeness (QED) is 0.718. The van der Waals surface area contributed by atoms with Crippen LogP contribution in [0.3, 0.4) is 0 Å². The van der Waals surface area contributed by atoms with Crippen molar-refractivity contribution < 1.29 is 19.1 Å². The molecule has 1 aliphatic heterocycles. The van der Waals surface area contributed by atoms with Crippen LogP contribution in [0, 0.1) is 6.92 Å². The number of benzene rings is 2. The van der Waals surface area contributed by atoms with Gasteiger partial charge in [-0.15, -0.1) is 0 Å². The molecule has 1 saturated heterocycles. The minimum absolute atomic E-state index is 0.0734. The molecule has 7 heteroatoms. The van der Waals surface area contributed by atoms with Crippen molar-refractivity contribution in [3.05, 3.63) is 59.7 Å². The molecule has 1 unspecified atom stereocenters. The maximum atomic E-state index is 12.3. The summed E-state index contributed by atoms with van der Waals surface area (Å²) in [6.07, 6.45) is 2.03. The van der Waals surface area contributed by atoms with Gasteiger partial charge in [-0.3, -0.25) is 14.4 Å². The average Bonchev–Trinajstić information content (AvgIpc) is 2.75. The molecule has 0 saturated carbocycles. The molecular weight excluding hydrogens is 382 g/mol. The maximum Gasteiger partial charge on any atom is 0.313 e. The second-order valence-corrected chi connectivity index (χ2v) is 7.30. The van der Waals surface area contributed by atoms with Gasteiger partial charge in [0.05, 0.1) is 6.10 Å². The Morgan fingerprint density at radius 2 is 1.90 bits per heavy atom. The Kier molecular flexibility index (Phi) is 7.19. The maximum absolute atomic E-state index is 12.3. The van der Waals surface area contributed by atoms with E-state index >= 15 is 0 Å². The molecule has 0 spiro atoms. The fourth-order valence-corrected chi connectivity index (χ4v) is 3.55. The lowest BCUT2D eigenvalue weighted by atomic mass is 10.0. The standard InChI is InChI=1S/C23H27N3O4/c1-16-8-3-4-11-19(16)20(30-2)15-24-22(28)23(29)25-17-9-7-10-18(14-17)26-13-6-5-12-21(26)27/h3-4,7-11,14,20H,5-6,12-13,15H2,1-2H3,(H,24,28)(H,25,29). The number of ether oxygens (including phenoxy) is 1. The monoisotopic (exact) mass is 409 g/mol. The number of amides is 3. The van der Waals surface area contributed by atoms with Crippen LogP contribution in [0.2, 0.25) is 0 Å². The topological polar surface area (TPSA) is 87.7 Å². The molecule has 2 N–H and O–H groups in total. The van der Waals surface area contributed by atoms with Crippen LogP contribution in [-0.2, 0) is 19.1 Å². The highest BCUT2D eigenvalue weighted by Crippen LogP contribution is 2.24. The minimum Gasteiger partial charge on any atom is -0.375 e. The summed E-state index contributed by atoms with van der Waals surface area (Å²) in [5.74, 6) is -1.44. The summed E-state index contributed by atoms with van der Waals surface area (Å²) in [4.78, 5) is 38.4. The Bertz CT molecular complexity index is 928. The van der Waals surface area contributed by atoms with E-state index in [2.05, 4.69) is 10.6 Å². The Morgan fingerprint density at radius 1 is 1.10 bits per heavy atom. The molecule has 2 aromatic rings. The second kappa shape index (κ2) is 10.0. The molecular formula is C23H27N3O4. The van der Waals surface area contributed by atoms with E-state index in [0.29, 0.717) is 18.7 Å². The number of carbonyl (C=O) groups excluding carboxylic acids is 3. The van der Waals surface area contributed by atoms with Crippen LogP contribution in [-0.4, -0.2) is 37.9 Å². The Balaban J connectivity index is 1.59. The molecule has 2 aromatic carbocycles. The zero-order valence-corrected chi connectivity index (χ0v) is 17.3. The number of rotatable bonds is 6. The summed E-state index contributed by atoms with van der Waals surface area (Å²) in [5.41, 5.74) is 3.19. The van der Waals surface area contributed by atoms with Crippen molar-refractivity contribution in [2.45, 2.75) is 32.3 Å². The van der Waals surface area contributed by atoms with Gasteiger partial charge in [0.15, 0.2) is 0 Å². The summed E-state index contributed by atoms with van der Waals surface area (Å²) >= 11 is 0. The lowest BCUT2D eigenvalue weighted by Crippen LogP contribution is -2.38. The largest absolute Gasteiger partial charge is 0.375 e. The molecule has 3 rings (SSSR count). The van der Waals surface area contributed by atoms with E-state index in [-0.39, 0.29) is 18.6 Å². The zero-order valence-electron chi connectivity index (χ0n) is 17.3. The lowest BCUT2D eigenvalue weighted by Gasteiger charge is -2.27. The van der Waals surface area contributed by atoms with Gasteiger partial charge < -0.3 is 20.3 Å². The molecule has 0 aromatic heterocycles.